The summed E-state index contributed by atoms with van der Waals surface area (Å²) in [6.07, 6.45) is 0.442. The molecule has 0 saturated heterocycles. The Morgan fingerprint density at radius 3 is 2.68 bits per heavy atom. The molecule has 1 aliphatic heterocycles. The fourth-order valence-corrected chi connectivity index (χ4v) is 2.90. The largest absolute Gasteiger partial charge is 0.458 e. The van der Waals surface area contributed by atoms with Crippen molar-refractivity contribution in [3.8, 4) is 0 Å². The van der Waals surface area contributed by atoms with Crippen molar-refractivity contribution in [2.75, 3.05) is 6.61 Å². The van der Waals surface area contributed by atoms with E-state index in [0.717, 1.165) is 0 Å². The summed E-state index contributed by atoms with van der Waals surface area (Å²) in [5, 5.41) is 16.2. The zero-order chi connectivity index (χ0) is 16.3. The number of carbonyl (C=O) groups excluding carboxylic acids is 1. The van der Waals surface area contributed by atoms with E-state index in [1.165, 1.54) is 6.08 Å². The molecule has 1 aromatic rings. The summed E-state index contributed by atoms with van der Waals surface area (Å²) in [5.41, 5.74) is 1.31. The lowest BCUT2D eigenvalue weighted by atomic mass is 9.95. The maximum Gasteiger partial charge on any atom is 0.338 e. The van der Waals surface area contributed by atoms with Crippen LogP contribution in [0.3, 0.4) is 0 Å². The molecular formula is C15H16Cl2N2O3. The standard InChI is InChI=1S/C15H16Cl2N2O3/c1-3-7-22-14(20)11-8(2)18-15(21)19-13(11)12-9(16)5-4-6-10(12)17/h3-6,13,15,18-19,21H,1,7H2,2H3. The van der Waals surface area contributed by atoms with Crippen LogP contribution in [0.5, 0.6) is 0 Å². The van der Waals surface area contributed by atoms with Gasteiger partial charge in [-0.05, 0) is 19.1 Å². The van der Waals surface area contributed by atoms with Crippen LogP contribution in [-0.4, -0.2) is 24.0 Å². The van der Waals surface area contributed by atoms with E-state index in [1.807, 2.05) is 0 Å². The number of hydrogen-bond acceptors (Lipinski definition) is 5. The highest BCUT2D eigenvalue weighted by Gasteiger charge is 2.34. The Balaban J connectivity index is 2.48. The van der Waals surface area contributed by atoms with E-state index in [1.54, 1.807) is 25.1 Å². The van der Waals surface area contributed by atoms with Gasteiger partial charge in [-0.1, -0.05) is 41.9 Å². The number of ether oxygens (including phenoxy) is 1. The molecule has 0 radical (unpaired) electrons. The van der Waals surface area contributed by atoms with Crippen molar-refractivity contribution in [2.24, 2.45) is 0 Å². The predicted octanol–water partition coefficient (Wildman–Crippen LogP) is 2.51. The summed E-state index contributed by atoms with van der Waals surface area (Å²) in [7, 11) is 0. The molecule has 0 aromatic heterocycles. The molecule has 2 unspecified atom stereocenters. The third-order valence-electron chi connectivity index (χ3n) is 3.21. The molecule has 2 atom stereocenters. The average Bonchev–Trinajstić information content (AvgIpc) is 2.44. The molecule has 1 heterocycles. The van der Waals surface area contributed by atoms with Gasteiger partial charge in [0, 0.05) is 21.3 Å². The first-order chi connectivity index (χ1) is 10.5. The molecule has 2 rings (SSSR count). The lowest BCUT2D eigenvalue weighted by Gasteiger charge is -2.33. The summed E-state index contributed by atoms with van der Waals surface area (Å²) in [6, 6.07) is 4.36. The van der Waals surface area contributed by atoms with Crippen LogP contribution in [0.15, 0.2) is 42.1 Å². The van der Waals surface area contributed by atoms with Gasteiger partial charge in [-0.15, -0.1) is 0 Å². The number of hydrogen-bond donors (Lipinski definition) is 3. The minimum absolute atomic E-state index is 0.0845. The van der Waals surface area contributed by atoms with Gasteiger partial charge in [0.1, 0.15) is 6.61 Å². The number of aliphatic hydroxyl groups excluding tert-OH is 1. The van der Waals surface area contributed by atoms with Crippen molar-refractivity contribution >= 4 is 29.2 Å². The third kappa shape index (κ3) is 3.44. The molecule has 0 fully saturated rings. The topological polar surface area (TPSA) is 70.6 Å². The maximum absolute atomic E-state index is 12.3. The van der Waals surface area contributed by atoms with Crippen LogP contribution >= 0.6 is 23.2 Å². The molecule has 0 bridgehead atoms. The maximum atomic E-state index is 12.3. The molecular weight excluding hydrogens is 327 g/mol. The van der Waals surface area contributed by atoms with Crippen molar-refractivity contribution < 1.29 is 14.6 Å². The summed E-state index contributed by atoms with van der Waals surface area (Å²) in [4.78, 5) is 12.3. The minimum Gasteiger partial charge on any atom is -0.458 e. The molecule has 5 nitrogen and oxygen atoms in total. The van der Waals surface area contributed by atoms with Gasteiger partial charge in [0.15, 0.2) is 6.35 Å². The highest BCUT2D eigenvalue weighted by atomic mass is 35.5. The van der Waals surface area contributed by atoms with Crippen molar-refractivity contribution in [2.45, 2.75) is 19.3 Å². The first-order valence-corrected chi connectivity index (χ1v) is 7.34. The van der Waals surface area contributed by atoms with E-state index in [9.17, 15) is 9.90 Å². The van der Waals surface area contributed by atoms with Crippen LogP contribution in [0.25, 0.3) is 0 Å². The van der Waals surface area contributed by atoms with E-state index in [-0.39, 0.29) is 6.61 Å². The molecule has 118 valence electrons. The van der Waals surface area contributed by atoms with Crippen LogP contribution in [0.4, 0.5) is 0 Å². The van der Waals surface area contributed by atoms with Crippen LogP contribution in [0.2, 0.25) is 10.0 Å². The number of allylic oxidation sites excluding steroid dienone is 1. The van der Waals surface area contributed by atoms with Gasteiger partial charge < -0.3 is 15.2 Å². The molecule has 3 N–H and O–H groups in total. The van der Waals surface area contributed by atoms with Crippen LogP contribution in [0, 0.1) is 0 Å². The second-order valence-electron chi connectivity index (χ2n) is 4.71. The predicted molar refractivity (Wildman–Crippen MR) is 85.3 cm³/mol. The lowest BCUT2D eigenvalue weighted by Crippen LogP contribution is -2.50. The fraction of sp³-hybridized carbons (Fsp3) is 0.267. The lowest BCUT2D eigenvalue weighted by molar-refractivity contribution is -0.138. The van der Waals surface area contributed by atoms with E-state index >= 15 is 0 Å². The van der Waals surface area contributed by atoms with Crippen molar-refractivity contribution in [1.82, 2.24) is 10.6 Å². The summed E-state index contributed by atoms with van der Waals surface area (Å²) >= 11 is 12.4. The first kappa shape index (κ1) is 16.8. The Kier molecular flexibility index (Phi) is 5.47. The molecule has 7 heteroatoms. The third-order valence-corrected chi connectivity index (χ3v) is 3.87. The van der Waals surface area contributed by atoms with E-state index in [4.69, 9.17) is 27.9 Å². The van der Waals surface area contributed by atoms with E-state index in [2.05, 4.69) is 17.2 Å². The van der Waals surface area contributed by atoms with E-state index in [0.29, 0.717) is 26.9 Å². The monoisotopic (exact) mass is 342 g/mol. The van der Waals surface area contributed by atoms with Gasteiger partial charge in [0.2, 0.25) is 0 Å². The Morgan fingerprint density at radius 2 is 2.09 bits per heavy atom. The number of rotatable bonds is 4. The molecule has 22 heavy (non-hydrogen) atoms. The summed E-state index contributed by atoms with van der Waals surface area (Å²) in [6.45, 7) is 5.26. The number of esters is 1. The smallest absolute Gasteiger partial charge is 0.338 e. The van der Waals surface area contributed by atoms with Crippen LogP contribution in [-0.2, 0) is 9.53 Å². The highest BCUT2D eigenvalue weighted by Crippen LogP contribution is 2.36. The van der Waals surface area contributed by atoms with Gasteiger partial charge in [-0.3, -0.25) is 5.32 Å². The van der Waals surface area contributed by atoms with Crippen molar-refractivity contribution in [1.29, 1.82) is 0 Å². The van der Waals surface area contributed by atoms with Crippen molar-refractivity contribution in [3.63, 3.8) is 0 Å². The van der Waals surface area contributed by atoms with Gasteiger partial charge in [-0.2, -0.15) is 0 Å². The normalized spacial score (nSPS) is 21.3. The SMILES string of the molecule is C=CCOC(=O)C1=C(C)NC(O)NC1c1c(Cl)cccc1Cl. The Hall–Kier alpha value is -1.53. The summed E-state index contributed by atoms with van der Waals surface area (Å²) in [5.74, 6) is -0.537. The van der Waals surface area contributed by atoms with Gasteiger partial charge in [0.05, 0.1) is 11.6 Å². The number of carbonyl (C=O) groups is 1. The highest BCUT2D eigenvalue weighted by molar-refractivity contribution is 6.36. The average molecular weight is 343 g/mol. The quantitative estimate of drug-likeness (QED) is 0.579. The van der Waals surface area contributed by atoms with Gasteiger partial charge in [-0.25, -0.2) is 4.79 Å². The Labute approximate surface area is 138 Å². The second kappa shape index (κ2) is 7.15. The van der Waals surface area contributed by atoms with Crippen LogP contribution in [0.1, 0.15) is 18.5 Å². The van der Waals surface area contributed by atoms with Gasteiger partial charge in [0.25, 0.3) is 0 Å². The van der Waals surface area contributed by atoms with Gasteiger partial charge >= 0.3 is 5.97 Å². The number of halogens is 2. The Bertz CT molecular complexity index is 611. The fourth-order valence-electron chi connectivity index (χ4n) is 2.28. The van der Waals surface area contributed by atoms with E-state index < -0.39 is 18.4 Å². The molecule has 0 aliphatic carbocycles. The second-order valence-corrected chi connectivity index (χ2v) is 5.52. The number of aliphatic hydroxyl groups is 1. The summed E-state index contributed by atoms with van der Waals surface area (Å²) < 4.78 is 5.11. The molecule has 0 amide bonds. The molecule has 0 saturated carbocycles. The molecule has 1 aliphatic rings. The zero-order valence-electron chi connectivity index (χ0n) is 11.9. The minimum atomic E-state index is -1.03. The first-order valence-electron chi connectivity index (χ1n) is 6.59. The number of nitrogens with one attached hydrogen (secondary N) is 2. The zero-order valence-corrected chi connectivity index (χ0v) is 13.4. The number of benzene rings is 1. The molecule has 1 aromatic carbocycles. The Morgan fingerprint density at radius 1 is 1.45 bits per heavy atom. The molecule has 0 spiro atoms. The van der Waals surface area contributed by atoms with Crippen LogP contribution < -0.4 is 10.6 Å². The van der Waals surface area contributed by atoms with Crippen molar-refractivity contribution in [3.05, 3.63) is 57.7 Å².